The minimum absolute atomic E-state index is 0.151. The number of methoxy groups -OCH3 is 1. The van der Waals surface area contributed by atoms with E-state index in [1.54, 1.807) is 24.3 Å². The topological polar surface area (TPSA) is 89.7 Å². The summed E-state index contributed by atoms with van der Waals surface area (Å²) in [5.41, 5.74) is 0. The van der Waals surface area contributed by atoms with Crippen molar-refractivity contribution in [2.75, 3.05) is 20.2 Å². The third-order valence-corrected chi connectivity index (χ3v) is 6.67. The first-order valence-corrected chi connectivity index (χ1v) is 10.2. The summed E-state index contributed by atoms with van der Waals surface area (Å²) >= 11 is 1.39. The molecule has 0 radical (unpaired) electrons. The highest BCUT2D eigenvalue weighted by atomic mass is 32.2. The highest BCUT2D eigenvalue weighted by Gasteiger charge is 2.27. The van der Waals surface area contributed by atoms with Gasteiger partial charge in [-0.1, -0.05) is 11.8 Å². The molecule has 3 heterocycles. The molecular formula is C16H18N2O5S2. The first kappa shape index (κ1) is 18.0. The van der Waals surface area contributed by atoms with Crippen molar-refractivity contribution in [2.45, 2.75) is 28.5 Å². The van der Waals surface area contributed by atoms with Crippen molar-refractivity contribution in [1.29, 1.82) is 0 Å². The Labute approximate surface area is 150 Å². The van der Waals surface area contributed by atoms with Gasteiger partial charge < -0.3 is 9.15 Å². The second-order valence-corrected chi connectivity index (χ2v) is 8.42. The molecule has 0 unspecified atom stereocenters. The number of carbonyl (C=O) groups excluding carboxylic acids is 1. The average molecular weight is 382 g/mol. The van der Waals surface area contributed by atoms with Crippen LogP contribution < -0.4 is 0 Å². The van der Waals surface area contributed by atoms with Gasteiger partial charge in [0, 0.05) is 19.3 Å². The van der Waals surface area contributed by atoms with Crippen molar-refractivity contribution in [3.63, 3.8) is 0 Å². The number of pyridine rings is 1. The van der Waals surface area contributed by atoms with Crippen molar-refractivity contribution < 1.29 is 22.4 Å². The Bertz CT molecular complexity index is 840. The third-order valence-electron chi connectivity index (χ3n) is 3.82. The Kier molecular flexibility index (Phi) is 5.45. The maximum absolute atomic E-state index is 12.4. The second-order valence-electron chi connectivity index (χ2n) is 5.49. The Morgan fingerprint density at radius 1 is 1.28 bits per heavy atom. The Hall–Kier alpha value is -1.84. The first-order valence-electron chi connectivity index (χ1n) is 7.77. The maximum Gasteiger partial charge on any atom is 0.373 e. The van der Waals surface area contributed by atoms with E-state index in [2.05, 4.69) is 9.72 Å². The number of thioether (sulfide) groups is 1. The maximum atomic E-state index is 12.4. The van der Waals surface area contributed by atoms with Gasteiger partial charge in [0.25, 0.3) is 0 Å². The van der Waals surface area contributed by atoms with E-state index in [9.17, 15) is 13.2 Å². The third kappa shape index (κ3) is 4.05. The number of hydrogen-bond acceptors (Lipinski definition) is 7. The molecule has 0 atom stereocenters. The van der Waals surface area contributed by atoms with Crippen LogP contribution in [-0.4, -0.2) is 43.9 Å². The lowest BCUT2D eigenvalue weighted by atomic mass is 10.4. The fourth-order valence-electron chi connectivity index (χ4n) is 2.49. The molecule has 0 N–H and O–H groups in total. The summed E-state index contributed by atoms with van der Waals surface area (Å²) in [5.74, 6) is 0.715. The molecule has 2 aromatic rings. The molecule has 25 heavy (non-hydrogen) atoms. The summed E-state index contributed by atoms with van der Waals surface area (Å²) < 4.78 is 36.3. The number of rotatable bonds is 6. The van der Waals surface area contributed by atoms with Gasteiger partial charge in [-0.3, -0.25) is 0 Å². The monoisotopic (exact) mass is 382 g/mol. The molecule has 0 aliphatic carbocycles. The van der Waals surface area contributed by atoms with E-state index in [4.69, 9.17) is 4.42 Å². The number of aromatic nitrogens is 1. The summed E-state index contributed by atoms with van der Waals surface area (Å²) in [5, 5.41) is 0.677. The highest BCUT2D eigenvalue weighted by molar-refractivity contribution is 7.98. The molecule has 1 aliphatic rings. The van der Waals surface area contributed by atoms with E-state index in [0.29, 0.717) is 29.6 Å². The van der Waals surface area contributed by atoms with Crippen LogP contribution in [0.2, 0.25) is 0 Å². The van der Waals surface area contributed by atoms with E-state index in [-0.39, 0.29) is 10.7 Å². The SMILES string of the molecule is COC(=O)c1ccc(CSc2ccc(S(=O)(=O)N3CCCC3)cn2)o1. The van der Waals surface area contributed by atoms with Crippen LogP contribution in [0.5, 0.6) is 0 Å². The summed E-state index contributed by atoms with van der Waals surface area (Å²) in [7, 11) is -2.15. The van der Waals surface area contributed by atoms with E-state index in [0.717, 1.165) is 12.8 Å². The lowest BCUT2D eigenvalue weighted by Gasteiger charge is -2.15. The van der Waals surface area contributed by atoms with Crippen LogP contribution in [0.25, 0.3) is 0 Å². The number of carbonyl (C=O) groups is 1. The normalized spacial score (nSPS) is 15.4. The van der Waals surface area contributed by atoms with Gasteiger partial charge in [-0.2, -0.15) is 4.31 Å². The van der Waals surface area contributed by atoms with Gasteiger partial charge >= 0.3 is 5.97 Å². The zero-order valence-electron chi connectivity index (χ0n) is 13.7. The molecule has 7 nitrogen and oxygen atoms in total. The summed E-state index contributed by atoms with van der Waals surface area (Å²) in [6.45, 7) is 1.14. The van der Waals surface area contributed by atoms with Gasteiger partial charge in [0.05, 0.1) is 17.9 Å². The standard InChI is InChI=1S/C16H18N2O5S2/c1-22-16(19)14-6-4-12(23-14)11-24-15-7-5-13(10-17-15)25(20,21)18-8-2-3-9-18/h4-7,10H,2-3,8-9,11H2,1H3. The van der Waals surface area contributed by atoms with E-state index < -0.39 is 16.0 Å². The van der Waals surface area contributed by atoms with Gasteiger partial charge in [0.2, 0.25) is 15.8 Å². The molecule has 0 saturated carbocycles. The first-order chi connectivity index (χ1) is 12.0. The van der Waals surface area contributed by atoms with Crippen molar-refractivity contribution in [3.05, 3.63) is 42.0 Å². The molecule has 0 amide bonds. The lowest BCUT2D eigenvalue weighted by molar-refractivity contribution is 0.0563. The molecule has 0 bridgehead atoms. The molecule has 0 spiro atoms. The molecular weight excluding hydrogens is 364 g/mol. The number of ether oxygens (including phenoxy) is 1. The highest BCUT2D eigenvalue weighted by Crippen LogP contribution is 2.25. The Morgan fingerprint density at radius 3 is 2.68 bits per heavy atom. The smallest absolute Gasteiger partial charge is 0.373 e. The second kappa shape index (κ2) is 7.59. The van der Waals surface area contributed by atoms with E-state index in [1.165, 1.54) is 29.4 Å². The molecule has 134 valence electrons. The molecule has 1 saturated heterocycles. The van der Waals surface area contributed by atoms with Crippen molar-refractivity contribution >= 4 is 27.8 Å². The van der Waals surface area contributed by atoms with E-state index >= 15 is 0 Å². The summed E-state index contributed by atoms with van der Waals surface area (Å²) in [6.07, 6.45) is 3.19. The number of nitrogens with zero attached hydrogens (tertiary/aromatic N) is 2. The number of esters is 1. The van der Waals surface area contributed by atoms with Crippen LogP contribution in [0.3, 0.4) is 0 Å². The van der Waals surface area contributed by atoms with Crippen LogP contribution >= 0.6 is 11.8 Å². The Morgan fingerprint density at radius 2 is 2.04 bits per heavy atom. The zero-order valence-corrected chi connectivity index (χ0v) is 15.3. The van der Waals surface area contributed by atoms with Crippen LogP contribution in [0, 0.1) is 0 Å². The van der Waals surface area contributed by atoms with Crippen molar-refractivity contribution in [2.24, 2.45) is 0 Å². The van der Waals surface area contributed by atoms with Gasteiger partial charge in [-0.15, -0.1) is 0 Å². The average Bonchev–Trinajstić information content (AvgIpc) is 3.31. The largest absolute Gasteiger partial charge is 0.463 e. The van der Waals surface area contributed by atoms with Gasteiger partial charge in [0.15, 0.2) is 0 Å². The minimum atomic E-state index is -3.44. The van der Waals surface area contributed by atoms with Crippen molar-refractivity contribution in [3.8, 4) is 0 Å². The molecule has 9 heteroatoms. The molecule has 1 fully saturated rings. The number of hydrogen-bond donors (Lipinski definition) is 0. The van der Waals surface area contributed by atoms with Crippen molar-refractivity contribution in [1.82, 2.24) is 9.29 Å². The molecule has 1 aliphatic heterocycles. The predicted octanol–water partition coefficient (Wildman–Crippen LogP) is 2.54. The van der Waals surface area contributed by atoms with Crippen LogP contribution in [0.4, 0.5) is 0 Å². The Balaban J connectivity index is 1.63. The minimum Gasteiger partial charge on any atom is -0.463 e. The quantitative estimate of drug-likeness (QED) is 0.560. The molecule has 0 aromatic carbocycles. The van der Waals surface area contributed by atoms with E-state index in [1.807, 2.05) is 0 Å². The van der Waals surface area contributed by atoms with Crippen LogP contribution in [-0.2, 0) is 20.5 Å². The summed E-state index contributed by atoms with van der Waals surface area (Å²) in [6, 6.07) is 6.51. The van der Waals surface area contributed by atoms with Gasteiger partial charge in [-0.25, -0.2) is 18.2 Å². The lowest BCUT2D eigenvalue weighted by Crippen LogP contribution is -2.27. The fourth-order valence-corrected chi connectivity index (χ4v) is 4.69. The van der Waals surface area contributed by atoms with Crippen LogP contribution in [0.1, 0.15) is 29.2 Å². The predicted molar refractivity (Wildman–Crippen MR) is 91.8 cm³/mol. The fraction of sp³-hybridized carbons (Fsp3) is 0.375. The van der Waals surface area contributed by atoms with Gasteiger partial charge in [-0.05, 0) is 37.1 Å². The summed E-state index contributed by atoms with van der Waals surface area (Å²) in [4.78, 5) is 15.8. The molecule has 2 aromatic heterocycles. The van der Waals surface area contributed by atoms with Gasteiger partial charge in [0.1, 0.15) is 10.7 Å². The van der Waals surface area contributed by atoms with Crippen LogP contribution in [0.15, 0.2) is 44.8 Å². The number of sulfonamides is 1. The zero-order chi connectivity index (χ0) is 17.9. The number of furan rings is 1. The molecule has 3 rings (SSSR count).